The van der Waals surface area contributed by atoms with E-state index in [1.807, 2.05) is 13.8 Å². The molecule has 1 atom stereocenters. The Balaban J connectivity index is 1.67. The number of ether oxygens (including phenoxy) is 1. The van der Waals surface area contributed by atoms with Crippen LogP contribution in [0.25, 0.3) is 0 Å². The number of aliphatic hydroxyl groups excluding tert-OH is 1. The van der Waals surface area contributed by atoms with Gasteiger partial charge in [0.2, 0.25) is 0 Å². The molecule has 1 aromatic rings. The number of nitrogens with one attached hydrogen (secondary N) is 1. The van der Waals surface area contributed by atoms with Crippen molar-refractivity contribution in [1.29, 1.82) is 0 Å². The number of aliphatic hydroxyl groups is 1. The molecule has 0 saturated heterocycles. The molecule has 1 saturated carbocycles. The van der Waals surface area contributed by atoms with Crippen molar-refractivity contribution < 1.29 is 19.1 Å². The highest BCUT2D eigenvalue weighted by Gasteiger charge is 2.21. The smallest absolute Gasteiger partial charge is 0.287 e. The standard InChI is InChI=1S/C14H21NO4/c1-9-5-13(19-10(9)2)14(17)15-6-12(16)8-18-7-11-3-4-11/h5,11-12,16H,3-4,6-8H2,1-2H3,(H,15,17). The van der Waals surface area contributed by atoms with Gasteiger partial charge in [0.15, 0.2) is 5.76 Å². The SMILES string of the molecule is Cc1cc(C(=O)NCC(O)COCC2CC2)oc1C. The molecule has 106 valence electrons. The number of amides is 1. The topological polar surface area (TPSA) is 71.7 Å². The van der Waals surface area contributed by atoms with E-state index in [0.29, 0.717) is 12.5 Å². The zero-order valence-corrected chi connectivity index (χ0v) is 11.4. The first-order valence-electron chi connectivity index (χ1n) is 6.67. The van der Waals surface area contributed by atoms with Crippen LogP contribution in [0.15, 0.2) is 10.5 Å². The Hall–Kier alpha value is -1.33. The predicted molar refractivity (Wildman–Crippen MR) is 70.1 cm³/mol. The maximum atomic E-state index is 11.7. The summed E-state index contributed by atoms with van der Waals surface area (Å²) < 4.78 is 10.7. The largest absolute Gasteiger partial charge is 0.456 e. The second kappa shape index (κ2) is 6.21. The minimum absolute atomic E-state index is 0.169. The van der Waals surface area contributed by atoms with Gasteiger partial charge >= 0.3 is 0 Å². The maximum absolute atomic E-state index is 11.7. The molecule has 1 unspecified atom stereocenters. The Morgan fingerprint density at radius 2 is 2.32 bits per heavy atom. The van der Waals surface area contributed by atoms with Gasteiger partial charge in [-0.15, -0.1) is 0 Å². The van der Waals surface area contributed by atoms with E-state index in [1.165, 1.54) is 12.8 Å². The number of furan rings is 1. The van der Waals surface area contributed by atoms with E-state index in [2.05, 4.69) is 5.32 Å². The van der Waals surface area contributed by atoms with Crippen molar-refractivity contribution in [1.82, 2.24) is 5.32 Å². The molecule has 19 heavy (non-hydrogen) atoms. The van der Waals surface area contributed by atoms with Crippen LogP contribution >= 0.6 is 0 Å². The Kier molecular flexibility index (Phi) is 4.61. The van der Waals surface area contributed by atoms with Gasteiger partial charge in [0.25, 0.3) is 5.91 Å². The molecule has 1 heterocycles. The number of aryl methyl sites for hydroxylation is 2. The van der Waals surface area contributed by atoms with E-state index in [4.69, 9.17) is 9.15 Å². The Labute approximate surface area is 112 Å². The van der Waals surface area contributed by atoms with E-state index >= 15 is 0 Å². The summed E-state index contributed by atoms with van der Waals surface area (Å²) in [6.07, 6.45) is 1.77. The first-order chi connectivity index (χ1) is 9.06. The lowest BCUT2D eigenvalue weighted by atomic mass is 10.3. The highest BCUT2D eigenvalue weighted by atomic mass is 16.5. The molecule has 0 spiro atoms. The number of hydrogen-bond acceptors (Lipinski definition) is 4. The molecule has 2 N–H and O–H groups in total. The molecule has 0 radical (unpaired) electrons. The third kappa shape index (κ3) is 4.36. The summed E-state index contributed by atoms with van der Waals surface area (Å²) in [5.41, 5.74) is 0.943. The second-order valence-electron chi connectivity index (χ2n) is 5.19. The monoisotopic (exact) mass is 267 g/mol. The second-order valence-corrected chi connectivity index (χ2v) is 5.19. The van der Waals surface area contributed by atoms with Crippen molar-refractivity contribution in [2.24, 2.45) is 5.92 Å². The van der Waals surface area contributed by atoms with Gasteiger partial charge in [0, 0.05) is 13.2 Å². The first-order valence-corrected chi connectivity index (χ1v) is 6.67. The van der Waals surface area contributed by atoms with Crippen molar-refractivity contribution in [3.63, 3.8) is 0 Å². The fourth-order valence-electron chi connectivity index (χ4n) is 1.70. The Morgan fingerprint density at radius 1 is 1.58 bits per heavy atom. The molecule has 1 amide bonds. The summed E-state index contributed by atoms with van der Waals surface area (Å²) in [5, 5.41) is 12.3. The van der Waals surface area contributed by atoms with E-state index in [0.717, 1.165) is 11.3 Å². The van der Waals surface area contributed by atoms with Crippen LogP contribution in [0.2, 0.25) is 0 Å². The van der Waals surface area contributed by atoms with Crippen molar-refractivity contribution in [3.05, 3.63) is 23.2 Å². The minimum atomic E-state index is -0.681. The van der Waals surface area contributed by atoms with Crippen molar-refractivity contribution in [2.75, 3.05) is 19.8 Å². The fourth-order valence-corrected chi connectivity index (χ4v) is 1.70. The van der Waals surface area contributed by atoms with Gasteiger partial charge in [-0.2, -0.15) is 0 Å². The molecule has 1 aromatic heterocycles. The van der Waals surface area contributed by atoms with Crippen molar-refractivity contribution in [3.8, 4) is 0 Å². The summed E-state index contributed by atoms with van der Waals surface area (Å²) in [6.45, 7) is 4.83. The van der Waals surface area contributed by atoms with Crippen LogP contribution in [0.1, 0.15) is 34.7 Å². The molecule has 5 heteroatoms. The summed E-state index contributed by atoms with van der Waals surface area (Å²) in [6, 6.07) is 1.70. The third-order valence-corrected chi connectivity index (χ3v) is 3.25. The van der Waals surface area contributed by atoms with Crippen LogP contribution in [-0.2, 0) is 4.74 Å². The highest BCUT2D eigenvalue weighted by molar-refractivity contribution is 5.91. The zero-order chi connectivity index (χ0) is 13.8. The molecular weight excluding hydrogens is 246 g/mol. The summed E-state index contributed by atoms with van der Waals surface area (Å²) in [4.78, 5) is 11.7. The molecule has 0 bridgehead atoms. The molecule has 1 aliphatic rings. The molecular formula is C14H21NO4. The highest BCUT2D eigenvalue weighted by Crippen LogP contribution is 2.28. The molecule has 2 rings (SSSR count). The normalized spacial score (nSPS) is 16.4. The molecule has 5 nitrogen and oxygen atoms in total. The molecule has 1 fully saturated rings. The lowest BCUT2D eigenvalue weighted by Crippen LogP contribution is -2.34. The van der Waals surface area contributed by atoms with Crippen LogP contribution in [-0.4, -0.2) is 36.9 Å². The van der Waals surface area contributed by atoms with E-state index in [-0.39, 0.29) is 24.8 Å². The van der Waals surface area contributed by atoms with Gasteiger partial charge in [-0.3, -0.25) is 4.79 Å². The van der Waals surface area contributed by atoms with Gasteiger partial charge in [-0.05, 0) is 44.2 Å². The van der Waals surface area contributed by atoms with Crippen LogP contribution < -0.4 is 5.32 Å². The molecule has 0 aliphatic heterocycles. The number of carbonyl (C=O) groups is 1. The summed E-state index contributed by atoms with van der Waals surface area (Å²) in [7, 11) is 0. The average molecular weight is 267 g/mol. The molecule has 0 aromatic carbocycles. The van der Waals surface area contributed by atoms with Gasteiger partial charge in [-0.25, -0.2) is 0 Å². The lowest BCUT2D eigenvalue weighted by molar-refractivity contribution is 0.0318. The quantitative estimate of drug-likeness (QED) is 0.783. The van der Waals surface area contributed by atoms with E-state index in [9.17, 15) is 9.90 Å². The van der Waals surface area contributed by atoms with Gasteiger partial charge in [-0.1, -0.05) is 0 Å². The van der Waals surface area contributed by atoms with Crippen LogP contribution in [0.5, 0.6) is 0 Å². The average Bonchev–Trinajstić information content (AvgIpc) is 3.13. The van der Waals surface area contributed by atoms with Gasteiger partial charge in [0.05, 0.1) is 12.7 Å². The fraction of sp³-hybridized carbons (Fsp3) is 0.643. The minimum Gasteiger partial charge on any atom is -0.456 e. The molecule has 1 aliphatic carbocycles. The summed E-state index contributed by atoms with van der Waals surface area (Å²) >= 11 is 0. The lowest BCUT2D eigenvalue weighted by Gasteiger charge is -2.11. The van der Waals surface area contributed by atoms with Gasteiger partial charge < -0.3 is 19.6 Å². The van der Waals surface area contributed by atoms with Crippen LogP contribution in [0.4, 0.5) is 0 Å². The number of rotatable bonds is 7. The van der Waals surface area contributed by atoms with E-state index < -0.39 is 6.10 Å². The van der Waals surface area contributed by atoms with E-state index in [1.54, 1.807) is 6.07 Å². The summed E-state index contributed by atoms with van der Waals surface area (Å²) in [5.74, 6) is 1.38. The zero-order valence-electron chi connectivity index (χ0n) is 11.4. The maximum Gasteiger partial charge on any atom is 0.287 e. The van der Waals surface area contributed by atoms with Gasteiger partial charge in [0.1, 0.15) is 5.76 Å². The Morgan fingerprint density at radius 3 is 2.89 bits per heavy atom. The third-order valence-electron chi connectivity index (χ3n) is 3.25. The predicted octanol–water partition coefficient (Wildman–Crippen LogP) is 1.41. The first kappa shape index (κ1) is 14.1. The van der Waals surface area contributed by atoms with Crippen LogP contribution in [0, 0.1) is 19.8 Å². The van der Waals surface area contributed by atoms with Crippen LogP contribution in [0.3, 0.4) is 0 Å². The van der Waals surface area contributed by atoms with Crippen molar-refractivity contribution >= 4 is 5.91 Å². The number of hydrogen-bond donors (Lipinski definition) is 2. The number of carbonyl (C=O) groups excluding carboxylic acids is 1. The van der Waals surface area contributed by atoms with Crippen molar-refractivity contribution in [2.45, 2.75) is 32.8 Å². The Bertz CT molecular complexity index is 417.